The zero-order chi connectivity index (χ0) is 35.9. The van der Waals surface area contributed by atoms with E-state index < -0.39 is 17.4 Å². The number of fused-ring (bicyclic) bond motifs is 3. The van der Waals surface area contributed by atoms with Crippen molar-refractivity contribution in [1.29, 1.82) is 0 Å². The maximum atomic E-state index is 6.58. The Kier molecular flexibility index (Phi) is 8.64. The highest BCUT2D eigenvalue weighted by molar-refractivity contribution is 5.88. The number of ether oxygens (including phenoxy) is 6. The van der Waals surface area contributed by atoms with Gasteiger partial charge >= 0.3 is 11.9 Å². The Morgan fingerprint density at radius 3 is 1.26 bits per heavy atom. The smallest absolute Gasteiger partial charge is 0.352 e. The van der Waals surface area contributed by atoms with Crippen LogP contribution in [0.2, 0.25) is 0 Å². The predicted octanol–water partition coefficient (Wildman–Crippen LogP) is 10.4. The van der Waals surface area contributed by atoms with Gasteiger partial charge in [0.25, 0.3) is 0 Å². The molecule has 6 aromatic carbocycles. The zero-order valence-corrected chi connectivity index (χ0v) is 30.0. The van der Waals surface area contributed by atoms with Gasteiger partial charge in [-0.15, -0.1) is 0 Å². The molecule has 0 saturated carbocycles. The van der Waals surface area contributed by atoms with E-state index in [9.17, 15) is 0 Å². The topological polar surface area (TPSA) is 62.0 Å². The normalized spacial score (nSPS) is 20.3. The fourth-order valence-corrected chi connectivity index (χ4v) is 7.73. The molecule has 6 aromatic rings. The minimum Gasteiger partial charge on any atom is -0.437 e. The number of hydrogen-bond donors (Lipinski definition) is 0. The summed E-state index contributed by atoms with van der Waals surface area (Å²) in [6, 6.07) is 51.5. The van der Waals surface area contributed by atoms with Crippen LogP contribution in [0.5, 0.6) is 11.5 Å². The molecule has 0 aromatic heterocycles. The van der Waals surface area contributed by atoms with E-state index in [1.54, 1.807) is 0 Å². The van der Waals surface area contributed by atoms with E-state index in [-0.39, 0.29) is 0 Å². The van der Waals surface area contributed by atoms with Crippen LogP contribution in [0.4, 0.5) is 0 Å². The monoisotopic (exact) mass is 702 g/mol. The van der Waals surface area contributed by atoms with E-state index in [1.807, 2.05) is 12.1 Å². The Labute approximate surface area is 310 Å². The standard InChI is InChI=1S/C47H42O6/c1-3-27-48-45(31-50-45)52-43-25-23-35(29-39(43)33-15-7-5-8-16-33)47(41-21-13-11-19-37(41)38-20-12-14-22-42(38)47)36-24-26-44(53-46(32-51-46)49-28-4-2)40(30-36)34-17-9-6-10-18-34/h5-26,29-30H,3-4,27-28,31-32H2,1-2H3. The van der Waals surface area contributed by atoms with Crippen LogP contribution in [0.15, 0.2) is 146 Å². The van der Waals surface area contributed by atoms with Crippen molar-refractivity contribution in [3.63, 3.8) is 0 Å². The molecule has 1 aliphatic carbocycles. The van der Waals surface area contributed by atoms with Gasteiger partial charge in [0.05, 0.1) is 18.6 Å². The Hall–Kier alpha value is -5.24. The summed E-state index contributed by atoms with van der Waals surface area (Å²) in [5.74, 6) is -0.706. The van der Waals surface area contributed by atoms with Crippen molar-refractivity contribution in [3.05, 3.63) is 168 Å². The zero-order valence-electron chi connectivity index (χ0n) is 30.0. The van der Waals surface area contributed by atoms with E-state index in [0.717, 1.165) is 46.2 Å². The summed E-state index contributed by atoms with van der Waals surface area (Å²) in [7, 11) is 0. The average Bonchev–Trinajstić information content (AvgIpc) is 4.15. The number of epoxide rings is 2. The van der Waals surface area contributed by atoms with Gasteiger partial charge in [-0.05, 0) is 81.6 Å². The molecular formula is C47H42O6. The summed E-state index contributed by atoms with van der Waals surface area (Å²) < 4.78 is 36.8. The van der Waals surface area contributed by atoms with E-state index in [0.29, 0.717) is 37.9 Å². The molecule has 0 radical (unpaired) electrons. The highest BCUT2D eigenvalue weighted by atomic mass is 16.9. The van der Waals surface area contributed by atoms with Gasteiger partial charge in [0, 0.05) is 11.1 Å². The lowest BCUT2D eigenvalue weighted by atomic mass is 9.67. The first-order valence-corrected chi connectivity index (χ1v) is 18.6. The Morgan fingerprint density at radius 2 is 0.868 bits per heavy atom. The van der Waals surface area contributed by atoms with E-state index in [4.69, 9.17) is 28.4 Å². The van der Waals surface area contributed by atoms with Crippen molar-refractivity contribution in [2.24, 2.45) is 0 Å². The van der Waals surface area contributed by atoms with Gasteiger partial charge in [0.1, 0.15) is 24.7 Å². The van der Waals surface area contributed by atoms with Crippen molar-refractivity contribution < 1.29 is 28.4 Å². The van der Waals surface area contributed by atoms with E-state index in [1.165, 1.54) is 22.3 Å². The minimum atomic E-state index is -1.06. The molecule has 0 N–H and O–H groups in total. The molecule has 266 valence electrons. The lowest BCUT2D eigenvalue weighted by Gasteiger charge is -2.35. The number of hydrogen-bond acceptors (Lipinski definition) is 6. The molecule has 2 unspecified atom stereocenters. The summed E-state index contributed by atoms with van der Waals surface area (Å²) in [4.78, 5) is 0. The van der Waals surface area contributed by atoms with Crippen LogP contribution < -0.4 is 9.47 Å². The highest BCUT2D eigenvalue weighted by Gasteiger charge is 2.52. The summed E-state index contributed by atoms with van der Waals surface area (Å²) in [5, 5.41) is 0. The van der Waals surface area contributed by atoms with Gasteiger partial charge in [0.2, 0.25) is 0 Å². The van der Waals surface area contributed by atoms with E-state index >= 15 is 0 Å². The Bertz CT molecular complexity index is 2080. The summed E-state index contributed by atoms with van der Waals surface area (Å²) in [6.07, 6.45) is 1.74. The van der Waals surface area contributed by atoms with Gasteiger partial charge in [-0.2, -0.15) is 0 Å². The molecule has 0 spiro atoms. The van der Waals surface area contributed by atoms with Crippen LogP contribution in [-0.2, 0) is 24.4 Å². The first kappa shape index (κ1) is 33.6. The van der Waals surface area contributed by atoms with Crippen LogP contribution in [-0.4, -0.2) is 38.4 Å². The van der Waals surface area contributed by atoms with Gasteiger partial charge in [-0.25, -0.2) is 0 Å². The summed E-state index contributed by atoms with van der Waals surface area (Å²) in [5.41, 5.74) is 10.4. The van der Waals surface area contributed by atoms with Crippen molar-refractivity contribution in [2.75, 3.05) is 26.4 Å². The fourth-order valence-electron chi connectivity index (χ4n) is 7.73. The van der Waals surface area contributed by atoms with Crippen molar-refractivity contribution >= 4 is 0 Å². The van der Waals surface area contributed by atoms with Crippen molar-refractivity contribution in [1.82, 2.24) is 0 Å². The van der Waals surface area contributed by atoms with Gasteiger partial charge in [-0.3, -0.25) is 0 Å². The molecule has 53 heavy (non-hydrogen) atoms. The van der Waals surface area contributed by atoms with E-state index in [2.05, 4.69) is 147 Å². The molecule has 2 aliphatic heterocycles. The predicted molar refractivity (Wildman–Crippen MR) is 206 cm³/mol. The van der Waals surface area contributed by atoms with Crippen LogP contribution >= 0.6 is 0 Å². The molecule has 6 nitrogen and oxygen atoms in total. The van der Waals surface area contributed by atoms with Gasteiger partial charge in [0.15, 0.2) is 0 Å². The molecule has 9 rings (SSSR count). The van der Waals surface area contributed by atoms with Crippen LogP contribution in [0.3, 0.4) is 0 Å². The molecule has 0 amide bonds. The fraction of sp³-hybridized carbons (Fsp3) is 0.234. The average molecular weight is 703 g/mol. The summed E-state index contributed by atoms with van der Waals surface area (Å²) >= 11 is 0. The first-order chi connectivity index (χ1) is 26.1. The van der Waals surface area contributed by atoms with Crippen molar-refractivity contribution in [3.8, 4) is 44.9 Å². The lowest BCUT2D eigenvalue weighted by molar-refractivity contribution is -0.173. The molecule has 6 heteroatoms. The Morgan fingerprint density at radius 1 is 0.472 bits per heavy atom. The first-order valence-electron chi connectivity index (χ1n) is 18.6. The second-order valence-corrected chi connectivity index (χ2v) is 13.8. The number of rotatable bonds is 14. The maximum Gasteiger partial charge on any atom is 0.352 e. The number of benzene rings is 6. The third-order valence-electron chi connectivity index (χ3n) is 10.3. The third-order valence-corrected chi connectivity index (χ3v) is 10.3. The van der Waals surface area contributed by atoms with Crippen LogP contribution in [0, 0.1) is 0 Å². The molecule has 3 aliphatic rings. The molecule has 2 atom stereocenters. The minimum absolute atomic E-state index is 0.389. The maximum absolute atomic E-state index is 6.58. The Balaban J connectivity index is 1.27. The second-order valence-electron chi connectivity index (χ2n) is 13.8. The molecule has 0 bridgehead atoms. The van der Waals surface area contributed by atoms with Crippen LogP contribution in [0.1, 0.15) is 48.9 Å². The lowest BCUT2D eigenvalue weighted by Crippen LogP contribution is -2.29. The highest BCUT2D eigenvalue weighted by Crippen LogP contribution is 2.58. The largest absolute Gasteiger partial charge is 0.437 e. The quantitative estimate of drug-likeness (QED) is 0.0831. The molecule has 2 fully saturated rings. The molecular weight excluding hydrogens is 661 g/mol. The van der Waals surface area contributed by atoms with Gasteiger partial charge < -0.3 is 28.4 Å². The molecule has 2 heterocycles. The summed E-state index contributed by atoms with van der Waals surface area (Å²) in [6.45, 7) is 6.04. The van der Waals surface area contributed by atoms with Crippen molar-refractivity contribution in [2.45, 2.75) is 44.1 Å². The van der Waals surface area contributed by atoms with Crippen LogP contribution in [0.25, 0.3) is 33.4 Å². The second kappa shape index (κ2) is 13.6. The third kappa shape index (κ3) is 6.02. The molecule has 2 saturated heterocycles. The van der Waals surface area contributed by atoms with Gasteiger partial charge in [-0.1, -0.05) is 135 Å². The SMILES string of the molecule is CCCOC1(Oc2ccc(C3(c4ccc(OC5(OCCC)CO5)c(-c5ccccc5)c4)c4ccccc4-c4ccccc43)cc2-c2ccccc2)CO1.